The molecular formula is C48H69N17O10. The SMILES string of the molecule is CC(=O)N[C@H](CCCN=C(N)N)C(=O)N[C@H]1CCCNC(=O)CC[C@@H](C(N)=O)NC(=O)[C@H](Cc2c[nH]c3ccccc23)NC(=O)[C@H](CCCN=C(N)N)NC(=O)[C@@H](Cc2ccccc2)NC(=O)[C@H](CC(N)=O)NC1=O. The van der Waals surface area contributed by atoms with Crippen molar-refractivity contribution in [1.82, 2.24) is 47.5 Å². The summed E-state index contributed by atoms with van der Waals surface area (Å²) in [6.07, 6.45) is 0.0408. The first kappa shape index (κ1) is 58.8. The molecule has 1 aliphatic rings. The van der Waals surface area contributed by atoms with Crippen molar-refractivity contribution >= 4 is 81.9 Å². The first-order valence-corrected chi connectivity index (χ1v) is 24.3. The van der Waals surface area contributed by atoms with Gasteiger partial charge >= 0.3 is 0 Å². The lowest BCUT2D eigenvalue weighted by atomic mass is 10.0. The Morgan fingerprint density at radius 3 is 1.92 bits per heavy atom. The van der Waals surface area contributed by atoms with E-state index in [0.717, 1.165) is 10.9 Å². The van der Waals surface area contributed by atoms with Crippen LogP contribution in [0.15, 0.2) is 70.8 Å². The second kappa shape index (κ2) is 29.7. The molecule has 3 aromatic rings. The van der Waals surface area contributed by atoms with Gasteiger partial charge in [0, 0.05) is 62.9 Å². The summed E-state index contributed by atoms with van der Waals surface area (Å²) in [6.45, 7) is 1.21. The largest absolute Gasteiger partial charge is 0.370 e. The highest BCUT2D eigenvalue weighted by Gasteiger charge is 2.35. The molecule has 10 amide bonds. The van der Waals surface area contributed by atoms with Crippen molar-refractivity contribution in [2.45, 2.75) is 120 Å². The predicted molar refractivity (Wildman–Crippen MR) is 276 cm³/mol. The fourth-order valence-electron chi connectivity index (χ4n) is 8.08. The number of hydrogen-bond acceptors (Lipinski definition) is 12. The number of hydrogen-bond donors (Lipinski definition) is 15. The Kier molecular flexibility index (Phi) is 23.3. The van der Waals surface area contributed by atoms with Crippen LogP contribution in [-0.2, 0) is 60.8 Å². The summed E-state index contributed by atoms with van der Waals surface area (Å²) >= 11 is 0. The number of aromatic amines is 1. The number of benzene rings is 2. The van der Waals surface area contributed by atoms with E-state index in [1.807, 2.05) is 6.07 Å². The molecule has 27 nitrogen and oxygen atoms in total. The maximum absolute atomic E-state index is 14.6. The maximum atomic E-state index is 14.6. The first-order valence-electron chi connectivity index (χ1n) is 24.3. The summed E-state index contributed by atoms with van der Waals surface area (Å²) < 4.78 is 0. The number of primary amides is 2. The van der Waals surface area contributed by atoms with Crippen LogP contribution in [-0.4, -0.2) is 138 Å². The summed E-state index contributed by atoms with van der Waals surface area (Å²) in [4.78, 5) is 147. The molecule has 7 atom stereocenters. The van der Waals surface area contributed by atoms with Crippen LogP contribution in [0.5, 0.6) is 0 Å². The van der Waals surface area contributed by atoms with Gasteiger partial charge in [0.1, 0.15) is 42.3 Å². The second-order valence-corrected chi connectivity index (χ2v) is 17.9. The van der Waals surface area contributed by atoms with E-state index in [1.54, 1.807) is 54.7 Å². The van der Waals surface area contributed by atoms with Gasteiger partial charge in [0.05, 0.1) is 6.42 Å². The summed E-state index contributed by atoms with van der Waals surface area (Å²) in [6, 6.07) is 5.48. The minimum absolute atomic E-state index is 0.0164. The number of aromatic nitrogens is 1. The van der Waals surface area contributed by atoms with Gasteiger partial charge in [-0.15, -0.1) is 0 Å². The first-order chi connectivity index (χ1) is 35.7. The maximum Gasteiger partial charge on any atom is 0.243 e. The van der Waals surface area contributed by atoms with Crippen LogP contribution in [0.3, 0.4) is 0 Å². The van der Waals surface area contributed by atoms with Crippen molar-refractivity contribution in [2.75, 3.05) is 19.6 Å². The van der Waals surface area contributed by atoms with E-state index in [0.29, 0.717) is 11.1 Å². The second-order valence-electron chi connectivity index (χ2n) is 17.9. The molecule has 0 spiro atoms. The number of amides is 10. The highest BCUT2D eigenvalue weighted by Crippen LogP contribution is 2.20. The number of aliphatic imine (C=N–C) groups is 2. The molecule has 1 fully saturated rings. The van der Waals surface area contributed by atoms with Crippen LogP contribution in [0.2, 0.25) is 0 Å². The number of nitrogens with two attached hydrogens (primary N) is 6. The number of guanidine groups is 2. The number of nitrogens with one attached hydrogen (secondary N) is 9. The lowest BCUT2D eigenvalue weighted by molar-refractivity contribution is -0.136. The molecule has 2 heterocycles. The highest BCUT2D eigenvalue weighted by atomic mass is 16.2. The molecule has 0 radical (unpaired) electrons. The van der Waals surface area contributed by atoms with Crippen LogP contribution in [0.25, 0.3) is 10.9 Å². The van der Waals surface area contributed by atoms with Crippen molar-refractivity contribution in [3.05, 3.63) is 71.9 Å². The Morgan fingerprint density at radius 2 is 1.27 bits per heavy atom. The quantitative estimate of drug-likeness (QED) is 0.0325. The van der Waals surface area contributed by atoms with E-state index in [1.165, 1.54) is 6.92 Å². The molecule has 21 N–H and O–H groups in total. The van der Waals surface area contributed by atoms with Gasteiger partial charge in [-0.25, -0.2) is 0 Å². The highest BCUT2D eigenvalue weighted by molar-refractivity contribution is 5.99. The normalized spacial score (nSPS) is 21.0. The number of rotatable bonds is 18. The van der Waals surface area contributed by atoms with E-state index < -0.39 is 108 Å². The van der Waals surface area contributed by atoms with Crippen molar-refractivity contribution in [2.24, 2.45) is 44.4 Å². The van der Waals surface area contributed by atoms with E-state index >= 15 is 0 Å². The molecule has 27 heteroatoms. The summed E-state index contributed by atoms with van der Waals surface area (Å²) in [7, 11) is 0. The third-order valence-electron chi connectivity index (χ3n) is 11.8. The molecule has 2 aromatic carbocycles. The average molecular weight is 1040 g/mol. The molecule has 0 unspecified atom stereocenters. The fraction of sp³-hybridized carbons (Fsp3) is 0.458. The zero-order valence-corrected chi connectivity index (χ0v) is 41.7. The number of carbonyl (C=O) groups excluding carboxylic acids is 10. The molecule has 406 valence electrons. The minimum Gasteiger partial charge on any atom is -0.370 e. The van der Waals surface area contributed by atoms with E-state index in [2.05, 4.69) is 57.5 Å². The van der Waals surface area contributed by atoms with Gasteiger partial charge in [0.25, 0.3) is 0 Å². The number of carbonyl (C=O) groups is 10. The zero-order chi connectivity index (χ0) is 55.0. The van der Waals surface area contributed by atoms with Gasteiger partial charge in [-0.3, -0.25) is 57.9 Å². The fourth-order valence-corrected chi connectivity index (χ4v) is 8.08. The number of fused-ring (bicyclic) bond motifs is 1. The van der Waals surface area contributed by atoms with E-state index in [4.69, 9.17) is 34.4 Å². The molecule has 0 aliphatic carbocycles. The van der Waals surface area contributed by atoms with Crippen LogP contribution < -0.4 is 76.9 Å². The molecule has 1 aliphatic heterocycles. The van der Waals surface area contributed by atoms with Gasteiger partial charge in [-0.2, -0.15) is 0 Å². The molecule has 1 aromatic heterocycles. The average Bonchev–Trinajstić information content (AvgIpc) is 3.76. The minimum atomic E-state index is -1.74. The Balaban J connectivity index is 1.77. The van der Waals surface area contributed by atoms with Gasteiger partial charge in [0.2, 0.25) is 59.1 Å². The number of H-pyrrole nitrogens is 1. The topological polar surface area (TPSA) is 464 Å². The van der Waals surface area contributed by atoms with Crippen molar-refractivity contribution in [1.29, 1.82) is 0 Å². The molecule has 1 saturated heterocycles. The summed E-state index contributed by atoms with van der Waals surface area (Å²) in [5, 5.41) is 21.5. The van der Waals surface area contributed by atoms with Gasteiger partial charge in [-0.05, 0) is 62.1 Å². The van der Waals surface area contributed by atoms with Crippen molar-refractivity contribution in [3.8, 4) is 0 Å². The zero-order valence-electron chi connectivity index (χ0n) is 41.7. The molecule has 75 heavy (non-hydrogen) atoms. The van der Waals surface area contributed by atoms with Gasteiger partial charge in [0.15, 0.2) is 11.9 Å². The van der Waals surface area contributed by atoms with Crippen LogP contribution in [0.1, 0.15) is 75.8 Å². The van der Waals surface area contributed by atoms with Crippen molar-refractivity contribution in [3.63, 3.8) is 0 Å². The molecule has 0 saturated carbocycles. The molecule has 4 rings (SSSR count). The van der Waals surface area contributed by atoms with Crippen LogP contribution in [0, 0.1) is 0 Å². The van der Waals surface area contributed by atoms with Crippen LogP contribution >= 0.6 is 0 Å². The monoisotopic (exact) mass is 1040 g/mol. The Morgan fingerprint density at radius 1 is 0.680 bits per heavy atom. The molecule has 0 bridgehead atoms. The van der Waals surface area contributed by atoms with Gasteiger partial charge in [-0.1, -0.05) is 48.5 Å². The third-order valence-corrected chi connectivity index (χ3v) is 11.8. The lowest BCUT2D eigenvalue weighted by Crippen LogP contribution is -2.60. The Labute approximate surface area is 432 Å². The summed E-state index contributed by atoms with van der Waals surface area (Å²) in [5.74, 6) is -9.09. The smallest absolute Gasteiger partial charge is 0.243 e. The van der Waals surface area contributed by atoms with E-state index in [9.17, 15) is 47.9 Å². The predicted octanol–water partition coefficient (Wildman–Crippen LogP) is -4.48. The Bertz CT molecular complexity index is 2560. The number of para-hydroxylation sites is 1. The van der Waals surface area contributed by atoms with Crippen molar-refractivity contribution < 1.29 is 47.9 Å². The molecular weight excluding hydrogens is 975 g/mol. The van der Waals surface area contributed by atoms with E-state index in [-0.39, 0.29) is 95.8 Å². The Hall–Kier alpha value is -8.78. The number of nitrogens with zero attached hydrogens (tertiary/aromatic N) is 2. The van der Waals surface area contributed by atoms with Crippen LogP contribution in [0.4, 0.5) is 0 Å². The lowest BCUT2D eigenvalue weighted by Gasteiger charge is -2.28. The summed E-state index contributed by atoms with van der Waals surface area (Å²) in [5.41, 5.74) is 35.1. The standard InChI is InChI=1S/C48H69N17O10/c1-26(66)59-32(14-8-20-56-47(51)52)41(70)61-33-15-7-19-55-39(68)18-17-31(40(50)69)60-45(74)36(23-28-25-58-30-13-6-5-12-29(28)30)64-42(71)34(16-9-21-57-48(53)54)62-44(73)35(22-27-10-3-2-4-11-27)63-46(75)37(24-38(49)67)65-43(33)72/h2-6,10-13,25,31-37,58H,7-9,14-24H2,1H3,(H2,49,67)(H2,50,69)(H,55,68)(H,59,66)(H,60,74)(H,61,70)(H,62,73)(H,63,75)(H,64,71)(H,65,72)(H4,51,52,56)(H4,53,54,57)/t31-,32+,33-,34-,35+,36-,37-/m0/s1. The van der Waals surface area contributed by atoms with Gasteiger partial charge < -0.3 is 81.9 Å². The third kappa shape index (κ3) is 20.3.